The van der Waals surface area contributed by atoms with Crippen LogP contribution in [0.2, 0.25) is 0 Å². The Morgan fingerprint density at radius 3 is 1.69 bits per heavy atom. The Kier molecular flexibility index (Phi) is 3.81. The second kappa shape index (κ2) is 4.46. The molecule has 0 aliphatic heterocycles. The van der Waals surface area contributed by atoms with Gasteiger partial charge in [0.05, 0.1) is 6.42 Å². The lowest BCUT2D eigenvalue weighted by molar-refractivity contribution is -0.978. The first-order chi connectivity index (χ1) is 7.17. The number of hydrogen-bond donors (Lipinski definition) is 1. The summed E-state index contributed by atoms with van der Waals surface area (Å²) in [4.78, 5) is 36.5. The van der Waals surface area contributed by atoms with Gasteiger partial charge in [-0.3, -0.25) is 35.1 Å². The fourth-order valence-corrected chi connectivity index (χ4v) is 1.14. The van der Waals surface area contributed by atoms with Crippen LogP contribution in [0.15, 0.2) is 0 Å². The maximum Gasteiger partial charge on any atom is 0.702 e. The summed E-state index contributed by atoms with van der Waals surface area (Å²) >= 11 is 0. The average molecular weight is 237 g/mol. The zero-order valence-corrected chi connectivity index (χ0v) is 7.93. The Morgan fingerprint density at radius 1 is 1.19 bits per heavy atom. The summed E-state index contributed by atoms with van der Waals surface area (Å²) in [5.74, 6) is -7.20. The molecule has 0 saturated carbocycles. The number of rotatable bonds is 6. The first kappa shape index (κ1) is 13.7. The monoisotopic (exact) mass is 237 g/mol. The van der Waals surface area contributed by atoms with Gasteiger partial charge in [-0.1, -0.05) is 0 Å². The molecule has 90 valence electrons. The Morgan fingerprint density at radius 2 is 1.50 bits per heavy atom. The van der Waals surface area contributed by atoms with Crippen molar-refractivity contribution in [2.45, 2.75) is 19.1 Å². The minimum atomic E-state index is -3.72. The zero-order chi connectivity index (χ0) is 13.1. The van der Waals surface area contributed by atoms with Crippen molar-refractivity contribution >= 4 is 5.97 Å². The molecule has 16 heavy (non-hydrogen) atoms. The van der Waals surface area contributed by atoms with Crippen LogP contribution in [0.1, 0.15) is 13.3 Å². The van der Waals surface area contributed by atoms with Crippen LogP contribution in [-0.2, 0) is 4.79 Å². The predicted molar refractivity (Wildman–Crippen MR) is 45.1 cm³/mol. The van der Waals surface area contributed by atoms with Gasteiger partial charge >= 0.3 is 11.8 Å². The van der Waals surface area contributed by atoms with Crippen molar-refractivity contribution in [3.63, 3.8) is 0 Å². The highest BCUT2D eigenvalue weighted by Crippen LogP contribution is 2.25. The summed E-state index contributed by atoms with van der Waals surface area (Å²) < 4.78 is 0. The lowest BCUT2D eigenvalue weighted by Gasteiger charge is -2.13. The number of carboxylic acid groups (broad SMARTS) is 1. The molecule has 0 bridgehead atoms. The molecule has 0 aromatic rings. The van der Waals surface area contributed by atoms with Crippen LogP contribution >= 0.6 is 0 Å². The molecule has 11 heteroatoms. The van der Waals surface area contributed by atoms with E-state index in [1.807, 2.05) is 0 Å². The van der Waals surface area contributed by atoms with E-state index in [0.29, 0.717) is 0 Å². The lowest BCUT2D eigenvalue weighted by Crippen LogP contribution is -2.58. The summed E-state index contributed by atoms with van der Waals surface area (Å²) in [7, 11) is 0. The van der Waals surface area contributed by atoms with Crippen LogP contribution in [-0.4, -0.2) is 31.6 Å². The van der Waals surface area contributed by atoms with E-state index >= 15 is 0 Å². The number of nitrogens with zero attached hydrogens (tertiary/aromatic N) is 3. The van der Waals surface area contributed by atoms with Crippen LogP contribution in [0.25, 0.3) is 0 Å². The first-order valence-electron chi connectivity index (χ1n) is 3.82. The third kappa shape index (κ3) is 2.02. The molecule has 0 aliphatic rings. The third-order valence-electron chi connectivity index (χ3n) is 1.95. The van der Waals surface area contributed by atoms with Gasteiger partial charge in [0.15, 0.2) is 20.7 Å². The number of hydrogen-bond acceptors (Lipinski definition) is 7. The summed E-state index contributed by atoms with van der Waals surface area (Å²) in [6.07, 6.45) is -1.05. The quantitative estimate of drug-likeness (QED) is 0.369. The van der Waals surface area contributed by atoms with Crippen LogP contribution in [0.5, 0.6) is 0 Å². The van der Waals surface area contributed by atoms with E-state index in [1.54, 1.807) is 0 Å². The van der Waals surface area contributed by atoms with E-state index in [0.717, 1.165) is 6.92 Å². The molecule has 0 aromatic heterocycles. The Labute approximate surface area is 87.1 Å². The van der Waals surface area contributed by atoms with Crippen molar-refractivity contribution in [3.8, 4) is 0 Å². The summed E-state index contributed by atoms with van der Waals surface area (Å²) in [6.45, 7) is 0.766. The van der Waals surface area contributed by atoms with Gasteiger partial charge < -0.3 is 5.11 Å². The van der Waals surface area contributed by atoms with E-state index in [4.69, 9.17) is 5.11 Å². The molecule has 0 aliphatic carbocycles. The van der Waals surface area contributed by atoms with Crippen LogP contribution in [0.3, 0.4) is 0 Å². The molecule has 0 saturated heterocycles. The molecule has 0 heterocycles. The van der Waals surface area contributed by atoms with E-state index < -0.39 is 38.9 Å². The van der Waals surface area contributed by atoms with Crippen LogP contribution in [0, 0.1) is 36.3 Å². The summed E-state index contributed by atoms with van der Waals surface area (Å²) in [5.41, 5.74) is 0. The normalized spacial score (nSPS) is 12.8. The van der Waals surface area contributed by atoms with Gasteiger partial charge in [-0.2, -0.15) is 0 Å². The summed E-state index contributed by atoms with van der Waals surface area (Å²) in [6, 6.07) is 0. The largest absolute Gasteiger partial charge is 0.702 e. The average Bonchev–Trinajstić information content (AvgIpc) is 1.99. The Hall–Kier alpha value is -2.33. The van der Waals surface area contributed by atoms with Crippen LogP contribution in [0.4, 0.5) is 0 Å². The smallest absolute Gasteiger partial charge is 0.481 e. The third-order valence-corrected chi connectivity index (χ3v) is 1.95. The molecule has 1 N–H and O–H groups in total. The van der Waals surface area contributed by atoms with E-state index in [9.17, 15) is 35.1 Å². The molecule has 0 amide bonds. The second-order valence-corrected chi connectivity index (χ2v) is 2.96. The summed E-state index contributed by atoms with van der Waals surface area (Å²) in [5, 5.41) is 39.7. The van der Waals surface area contributed by atoms with Crippen molar-refractivity contribution in [1.29, 1.82) is 0 Å². The SMILES string of the molecule is CC(CC(=O)O)C([N+](=O)[O-])([N+](=O)[O-])[N+](=O)[O-]. The highest BCUT2D eigenvalue weighted by Gasteiger charge is 2.74. The van der Waals surface area contributed by atoms with Gasteiger partial charge in [-0.05, 0) is 6.92 Å². The minimum absolute atomic E-state index is 0.766. The highest BCUT2D eigenvalue weighted by molar-refractivity contribution is 5.67. The topological polar surface area (TPSA) is 167 Å². The maximum atomic E-state index is 10.5. The van der Waals surface area contributed by atoms with Crippen molar-refractivity contribution in [2.75, 3.05) is 0 Å². The fourth-order valence-electron chi connectivity index (χ4n) is 1.14. The Balaban J connectivity index is 5.53. The Bertz CT molecular complexity index is 316. The predicted octanol–water partition coefficient (Wildman–Crippen LogP) is -0.419. The van der Waals surface area contributed by atoms with Crippen LogP contribution < -0.4 is 0 Å². The maximum absolute atomic E-state index is 10.5. The van der Waals surface area contributed by atoms with Crippen molar-refractivity contribution in [1.82, 2.24) is 0 Å². The van der Waals surface area contributed by atoms with Gasteiger partial charge in [0, 0.05) is 0 Å². The number of carbonyl (C=O) groups is 1. The lowest BCUT2D eigenvalue weighted by atomic mass is 10.00. The standard InChI is InChI=1S/C5H7N3O8/c1-3(2-4(9)10)5(6(11)12,7(13)14)8(15)16/h3H,2H2,1H3,(H,9,10). The molecule has 0 fully saturated rings. The number of aliphatic carboxylic acids is 1. The van der Waals surface area contributed by atoms with E-state index in [-0.39, 0.29) is 0 Å². The molecular formula is C5H7N3O8. The number of carboxylic acids is 1. The number of nitro groups is 3. The fraction of sp³-hybridized carbons (Fsp3) is 0.800. The van der Waals surface area contributed by atoms with E-state index in [1.165, 1.54) is 0 Å². The van der Waals surface area contributed by atoms with Crippen molar-refractivity contribution in [3.05, 3.63) is 30.3 Å². The van der Waals surface area contributed by atoms with Gasteiger partial charge in [0.25, 0.3) is 0 Å². The minimum Gasteiger partial charge on any atom is -0.481 e. The van der Waals surface area contributed by atoms with Gasteiger partial charge in [-0.25, -0.2) is 0 Å². The second-order valence-electron chi connectivity index (χ2n) is 2.96. The molecule has 1 atom stereocenters. The zero-order valence-electron chi connectivity index (χ0n) is 7.93. The first-order valence-corrected chi connectivity index (χ1v) is 3.82. The van der Waals surface area contributed by atoms with E-state index in [2.05, 4.69) is 0 Å². The van der Waals surface area contributed by atoms with Gasteiger partial charge in [0.2, 0.25) is 0 Å². The van der Waals surface area contributed by atoms with Crippen molar-refractivity contribution in [2.24, 2.45) is 5.92 Å². The highest BCUT2D eigenvalue weighted by atomic mass is 16.7. The molecule has 1 unspecified atom stereocenters. The van der Waals surface area contributed by atoms with Gasteiger partial charge in [-0.15, -0.1) is 0 Å². The molecule has 0 rings (SSSR count). The van der Waals surface area contributed by atoms with Crippen molar-refractivity contribution < 1.29 is 24.7 Å². The molecule has 0 radical (unpaired) electrons. The molecule has 0 spiro atoms. The van der Waals surface area contributed by atoms with Gasteiger partial charge in [0.1, 0.15) is 0 Å². The molecule has 0 aromatic carbocycles. The molecular weight excluding hydrogens is 230 g/mol. The molecule has 11 nitrogen and oxygen atoms in total.